The van der Waals surface area contributed by atoms with E-state index in [4.69, 9.17) is 0 Å². The van der Waals surface area contributed by atoms with Crippen LogP contribution in [-0.2, 0) is 9.59 Å². The first-order valence-corrected chi connectivity index (χ1v) is 15.5. The van der Waals surface area contributed by atoms with Gasteiger partial charge in [0.1, 0.15) is 17.4 Å². The van der Waals surface area contributed by atoms with E-state index in [0.717, 1.165) is 19.1 Å². The minimum atomic E-state index is -1.81. The fourth-order valence-electron chi connectivity index (χ4n) is 6.05. The second-order valence-corrected chi connectivity index (χ2v) is 12.8. The van der Waals surface area contributed by atoms with E-state index in [2.05, 4.69) is 5.32 Å². The summed E-state index contributed by atoms with van der Waals surface area (Å²) in [6.45, 7) is 9.82. The number of carboxylic acid groups (broad SMARTS) is 1. The van der Waals surface area contributed by atoms with Crippen molar-refractivity contribution in [2.24, 2.45) is 29.6 Å². The van der Waals surface area contributed by atoms with E-state index in [1.807, 2.05) is 0 Å². The number of hydrogen-bond donors (Lipinski definition) is 8. The second kappa shape index (κ2) is 14.8. The maximum Gasteiger partial charge on any atom is 0.313 e. The van der Waals surface area contributed by atoms with Gasteiger partial charge in [-0.1, -0.05) is 52.0 Å². The Bertz CT molecular complexity index is 1650. The lowest BCUT2D eigenvalue weighted by Crippen LogP contribution is -2.46. The maximum atomic E-state index is 13.8. The van der Waals surface area contributed by atoms with Crippen molar-refractivity contribution in [3.63, 3.8) is 0 Å². The number of hydrogen-bond acceptors (Lipinski definition) is 11. The SMILES string of the molecule is CC1=CC=CC(C)C(O)C(C)C(O)C(C)C(O)C(C)C(O)C(C(=O)O)C=C(C)C(=O)c2c(O)c(C)c(O)c3c2C(=O)C=C(NC1=O)C3=O. The highest BCUT2D eigenvalue weighted by molar-refractivity contribution is 6.31. The van der Waals surface area contributed by atoms with E-state index >= 15 is 0 Å². The molecule has 8 N–H and O–H groups in total. The molecular weight excluding hydrogens is 626 g/mol. The van der Waals surface area contributed by atoms with E-state index in [1.165, 1.54) is 39.8 Å². The van der Waals surface area contributed by atoms with E-state index in [-0.39, 0.29) is 16.7 Å². The Hall–Kier alpha value is -4.43. The van der Waals surface area contributed by atoms with Crippen LogP contribution in [0.25, 0.3) is 0 Å². The van der Waals surface area contributed by atoms with Crippen LogP contribution < -0.4 is 5.32 Å². The van der Waals surface area contributed by atoms with Crippen LogP contribution in [0.4, 0.5) is 0 Å². The first-order valence-electron chi connectivity index (χ1n) is 15.5. The zero-order valence-corrected chi connectivity index (χ0v) is 27.8. The van der Waals surface area contributed by atoms with Crippen molar-refractivity contribution >= 4 is 29.2 Å². The number of carboxylic acids is 1. The highest BCUT2D eigenvalue weighted by atomic mass is 16.4. The number of Topliss-reactive ketones (excluding diaryl/α,β-unsaturated/α-hetero) is 2. The molecule has 13 heteroatoms. The molecule has 1 aliphatic carbocycles. The van der Waals surface area contributed by atoms with Crippen molar-refractivity contribution in [3.8, 4) is 11.5 Å². The van der Waals surface area contributed by atoms with Gasteiger partial charge in [-0.3, -0.25) is 24.0 Å². The molecule has 2 aliphatic heterocycles. The zero-order chi connectivity index (χ0) is 36.5. The summed E-state index contributed by atoms with van der Waals surface area (Å²) in [5.41, 5.74) is -3.13. The van der Waals surface area contributed by atoms with Crippen LogP contribution in [0.2, 0.25) is 0 Å². The number of aromatic hydroxyl groups is 2. The lowest BCUT2D eigenvalue weighted by molar-refractivity contribution is -0.146. The zero-order valence-electron chi connectivity index (χ0n) is 27.8. The quantitative estimate of drug-likeness (QED) is 0.215. The fraction of sp³-hybridized carbons (Fsp3) is 0.457. The van der Waals surface area contributed by atoms with Crippen LogP contribution in [0.1, 0.15) is 78.2 Å². The molecule has 9 unspecified atom stereocenters. The number of rotatable bonds is 1. The number of nitrogens with one attached hydrogen (secondary N) is 1. The molecule has 260 valence electrons. The lowest BCUT2D eigenvalue weighted by atomic mass is 9.76. The molecule has 1 amide bonds. The molecule has 2 heterocycles. The van der Waals surface area contributed by atoms with Crippen LogP contribution in [0.5, 0.6) is 11.5 Å². The number of allylic oxidation sites excluding steroid dienone is 5. The molecule has 0 spiro atoms. The molecule has 4 bridgehead atoms. The van der Waals surface area contributed by atoms with E-state index in [9.17, 15) is 59.7 Å². The maximum absolute atomic E-state index is 13.8. The number of carbonyl (C=O) groups excluding carboxylic acids is 4. The van der Waals surface area contributed by atoms with Gasteiger partial charge in [-0.2, -0.15) is 0 Å². The molecule has 13 nitrogen and oxygen atoms in total. The van der Waals surface area contributed by atoms with Crippen molar-refractivity contribution in [3.05, 3.63) is 69.5 Å². The molecule has 0 aromatic heterocycles. The highest BCUT2D eigenvalue weighted by Crippen LogP contribution is 2.41. The fourth-order valence-corrected chi connectivity index (χ4v) is 6.05. The molecule has 1 aromatic rings. The average Bonchev–Trinajstić information content (AvgIpc) is 3.04. The minimum Gasteiger partial charge on any atom is -0.507 e. The Morgan fingerprint density at radius 3 is 1.75 bits per heavy atom. The minimum absolute atomic E-state index is 0.0892. The summed E-state index contributed by atoms with van der Waals surface area (Å²) in [6.07, 6.45) is 0.328. The van der Waals surface area contributed by atoms with Crippen molar-refractivity contribution in [2.45, 2.75) is 72.9 Å². The topological polar surface area (TPSA) is 239 Å². The average molecular weight is 670 g/mol. The van der Waals surface area contributed by atoms with Crippen molar-refractivity contribution in [2.75, 3.05) is 0 Å². The number of carbonyl (C=O) groups is 5. The molecule has 1 aromatic carbocycles. The molecule has 4 rings (SSSR count). The first-order chi connectivity index (χ1) is 22.2. The van der Waals surface area contributed by atoms with Crippen LogP contribution in [0, 0.1) is 36.5 Å². The van der Waals surface area contributed by atoms with Gasteiger partial charge in [0.2, 0.25) is 5.78 Å². The van der Waals surface area contributed by atoms with Gasteiger partial charge < -0.3 is 41.1 Å². The van der Waals surface area contributed by atoms with Crippen LogP contribution >= 0.6 is 0 Å². The number of phenolic OH excluding ortho intramolecular Hbond substituents is 2. The molecule has 3 aliphatic rings. The standard InChI is InChI=1S/C35H43NO12/c1-13-9-8-10-14(2)34(46)36-21-12-22(37)23-24(31(43)19(7)32(44)25(23)33(21)45)27(39)15(3)11-20(35(47)48)30(42)18(6)29(41)17(5)28(40)16(4)26(13)38/h8-13,16-18,20,26,28-30,38,40-44H,1-7H3,(H,36,46)(H,47,48). The molecule has 48 heavy (non-hydrogen) atoms. The predicted molar refractivity (Wildman–Crippen MR) is 172 cm³/mol. The predicted octanol–water partition coefficient (Wildman–Crippen LogP) is 2.12. The van der Waals surface area contributed by atoms with Gasteiger partial charge in [0.25, 0.3) is 5.91 Å². The van der Waals surface area contributed by atoms with Gasteiger partial charge in [-0.25, -0.2) is 0 Å². The Morgan fingerprint density at radius 1 is 0.708 bits per heavy atom. The normalized spacial score (nSPS) is 31.1. The molecular formula is C35H43NO12. The summed E-state index contributed by atoms with van der Waals surface area (Å²) in [7, 11) is 0. The van der Waals surface area contributed by atoms with Crippen LogP contribution in [-0.4, -0.2) is 89.4 Å². The largest absolute Gasteiger partial charge is 0.507 e. The number of aliphatic hydroxyl groups is 4. The molecule has 9 atom stereocenters. The van der Waals surface area contributed by atoms with E-state index in [1.54, 1.807) is 19.9 Å². The van der Waals surface area contributed by atoms with Crippen molar-refractivity contribution in [1.29, 1.82) is 0 Å². The number of ketones is 3. The summed E-state index contributed by atoms with van der Waals surface area (Å²) in [4.78, 5) is 66.0. The lowest BCUT2D eigenvalue weighted by Gasteiger charge is -2.36. The monoisotopic (exact) mass is 669 g/mol. The number of phenols is 2. The summed E-state index contributed by atoms with van der Waals surface area (Å²) in [5.74, 6) is -12.5. The summed E-state index contributed by atoms with van der Waals surface area (Å²) in [5, 5.41) is 78.3. The number of aliphatic carboxylic acids is 1. The second-order valence-electron chi connectivity index (χ2n) is 12.8. The highest BCUT2D eigenvalue weighted by Gasteiger charge is 2.41. The molecule has 0 fully saturated rings. The van der Waals surface area contributed by atoms with Gasteiger partial charge in [0, 0.05) is 40.9 Å². The number of aliphatic hydroxyl groups excluding tert-OH is 4. The van der Waals surface area contributed by atoms with Gasteiger partial charge in [-0.05, 0) is 26.3 Å². The van der Waals surface area contributed by atoms with E-state index in [0.29, 0.717) is 0 Å². The van der Waals surface area contributed by atoms with Gasteiger partial charge >= 0.3 is 5.97 Å². The Balaban J connectivity index is 2.26. The van der Waals surface area contributed by atoms with Crippen LogP contribution in [0.15, 0.2) is 47.2 Å². The summed E-state index contributed by atoms with van der Waals surface area (Å²) >= 11 is 0. The van der Waals surface area contributed by atoms with Gasteiger partial charge in [0.15, 0.2) is 11.6 Å². The molecule has 0 saturated carbocycles. The van der Waals surface area contributed by atoms with E-state index < -0.39 is 117 Å². The van der Waals surface area contributed by atoms with Crippen LogP contribution in [0.3, 0.4) is 0 Å². The first kappa shape index (κ1) is 38.0. The molecule has 0 radical (unpaired) electrons. The third kappa shape index (κ3) is 7.19. The number of fused-ring (bicyclic) bond motifs is 15. The summed E-state index contributed by atoms with van der Waals surface area (Å²) in [6, 6.07) is 0. The molecule has 0 saturated heterocycles. The van der Waals surface area contributed by atoms with Crippen molar-refractivity contribution in [1.82, 2.24) is 5.32 Å². The smallest absolute Gasteiger partial charge is 0.313 e. The Labute approximate surface area is 277 Å². The Kier molecular flexibility index (Phi) is 11.7. The third-order valence-electron chi connectivity index (χ3n) is 9.48. The number of benzene rings is 1. The van der Waals surface area contributed by atoms with Gasteiger partial charge in [-0.15, -0.1) is 0 Å². The summed E-state index contributed by atoms with van der Waals surface area (Å²) < 4.78 is 0. The van der Waals surface area contributed by atoms with Crippen molar-refractivity contribution < 1.29 is 59.7 Å². The Morgan fingerprint density at radius 2 is 1.21 bits per heavy atom. The van der Waals surface area contributed by atoms with Gasteiger partial charge in [0.05, 0.1) is 46.8 Å². The third-order valence-corrected chi connectivity index (χ3v) is 9.48. The number of amides is 1.